The zero-order chi connectivity index (χ0) is 25.3. The quantitative estimate of drug-likeness (QED) is 0.216. The summed E-state index contributed by atoms with van der Waals surface area (Å²) in [6.45, 7) is 2.96. The van der Waals surface area contributed by atoms with Crippen molar-refractivity contribution in [3.8, 4) is 28.3 Å². The third kappa shape index (κ3) is 7.84. The van der Waals surface area contributed by atoms with E-state index in [1.54, 1.807) is 12.3 Å². The molecule has 0 radical (unpaired) electrons. The summed E-state index contributed by atoms with van der Waals surface area (Å²) in [7, 11) is 0. The van der Waals surface area contributed by atoms with Crippen LogP contribution in [0, 0.1) is 5.82 Å². The standard InChI is InChI=1S/C30H31FN2O3.Na/c1-2-3-4-5-6-7-8-17-36-24-13-9-21(10-14-24)22-11-15-28(32-20-22)29-19-26(30(34)35)25-18-23(31)12-16-27(25)33-29;/h9-16,18-20H,2-8,17H2,1H3,(H,34,35);/q;+1/p-1. The van der Waals surface area contributed by atoms with Gasteiger partial charge in [-0.2, -0.15) is 0 Å². The van der Waals surface area contributed by atoms with E-state index < -0.39 is 11.8 Å². The van der Waals surface area contributed by atoms with E-state index in [-0.39, 0.29) is 40.5 Å². The summed E-state index contributed by atoms with van der Waals surface area (Å²) in [5, 5.41) is 11.8. The molecule has 2 aromatic carbocycles. The van der Waals surface area contributed by atoms with Crippen LogP contribution < -0.4 is 39.4 Å². The Balaban J connectivity index is 0.00000380. The van der Waals surface area contributed by atoms with E-state index >= 15 is 0 Å². The van der Waals surface area contributed by atoms with Gasteiger partial charge in [-0.1, -0.05) is 63.6 Å². The molecular formula is C30H30FN2NaO3. The molecule has 0 aliphatic carbocycles. The molecule has 0 aliphatic rings. The number of carboxylic acid groups (broad SMARTS) is 1. The summed E-state index contributed by atoms with van der Waals surface area (Å²) in [5.41, 5.74) is 3.06. The Labute approximate surface area is 239 Å². The average Bonchev–Trinajstić information content (AvgIpc) is 2.90. The minimum Gasteiger partial charge on any atom is -0.545 e. The van der Waals surface area contributed by atoms with Crippen LogP contribution in [0.2, 0.25) is 0 Å². The molecule has 7 heteroatoms. The molecule has 186 valence electrons. The van der Waals surface area contributed by atoms with Crippen molar-refractivity contribution in [2.45, 2.75) is 51.9 Å². The summed E-state index contributed by atoms with van der Waals surface area (Å²) in [6.07, 6.45) is 10.5. The third-order valence-corrected chi connectivity index (χ3v) is 6.22. The number of carboxylic acids is 1. The zero-order valence-electron chi connectivity index (χ0n) is 21.5. The maximum Gasteiger partial charge on any atom is 1.00 e. The Bertz CT molecular complexity index is 1310. The van der Waals surface area contributed by atoms with E-state index in [1.165, 1.54) is 56.7 Å². The molecule has 2 aromatic heterocycles. The number of hydrogen-bond donors (Lipinski definition) is 0. The fraction of sp³-hybridized carbons (Fsp3) is 0.300. The molecule has 5 nitrogen and oxygen atoms in total. The smallest absolute Gasteiger partial charge is 0.545 e. The fourth-order valence-corrected chi connectivity index (χ4v) is 4.21. The van der Waals surface area contributed by atoms with Gasteiger partial charge in [0.2, 0.25) is 0 Å². The molecule has 0 aliphatic heterocycles. The van der Waals surface area contributed by atoms with Crippen molar-refractivity contribution >= 4 is 16.9 Å². The number of ether oxygens (including phenoxy) is 1. The minimum atomic E-state index is -1.39. The number of benzene rings is 2. The second-order valence-corrected chi connectivity index (χ2v) is 8.93. The van der Waals surface area contributed by atoms with E-state index in [9.17, 15) is 14.3 Å². The minimum absolute atomic E-state index is 0. The van der Waals surface area contributed by atoms with E-state index in [0.29, 0.717) is 16.9 Å². The van der Waals surface area contributed by atoms with Crippen LogP contribution in [0.15, 0.2) is 66.9 Å². The van der Waals surface area contributed by atoms with Crippen LogP contribution in [0.4, 0.5) is 4.39 Å². The maximum atomic E-state index is 13.6. The number of carbonyl (C=O) groups is 1. The number of aromatic nitrogens is 2. The first-order valence-electron chi connectivity index (χ1n) is 12.6. The predicted octanol–water partition coefficient (Wildman–Crippen LogP) is 3.60. The molecule has 0 bridgehead atoms. The Morgan fingerprint density at radius 2 is 1.57 bits per heavy atom. The molecule has 0 fully saturated rings. The number of hydrogen-bond acceptors (Lipinski definition) is 5. The van der Waals surface area contributed by atoms with Crippen LogP contribution in [0.25, 0.3) is 33.4 Å². The fourth-order valence-electron chi connectivity index (χ4n) is 4.21. The molecule has 0 unspecified atom stereocenters. The van der Waals surface area contributed by atoms with Gasteiger partial charge in [0.25, 0.3) is 0 Å². The van der Waals surface area contributed by atoms with Crippen molar-refractivity contribution in [2.24, 2.45) is 0 Å². The van der Waals surface area contributed by atoms with Crippen LogP contribution in [-0.2, 0) is 0 Å². The largest absolute Gasteiger partial charge is 1.00 e. The van der Waals surface area contributed by atoms with Crippen LogP contribution in [0.3, 0.4) is 0 Å². The molecule has 4 rings (SSSR count). The molecule has 0 N–H and O–H groups in total. The molecule has 0 spiro atoms. The molecule has 0 atom stereocenters. The van der Waals surface area contributed by atoms with Crippen molar-refractivity contribution < 1.29 is 48.6 Å². The summed E-state index contributed by atoms with van der Waals surface area (Å²) in [4.78, 5) is 20.6. The normalized spacial score (nSPS) is 10.8. The van der Waals surface area contributed by atoms with E-state index in [1.807, 2.05) is 30.3 Å². The Morgan fingerprint density at radius 1 is 0.865 bits per heavy atom. The predicted molar refractivity (Wildman–Crippen MR) is 138 cm³/mol. The van der Waals surface area contributed by atoms with E-state index in [2.05, 4.69) is 16.9 Å². The monoisotopic (exact) mass is 508 g/mol. The first-order chi connectivity index (χ1) is 17.5. The van der Waals surface area contributed by atoms with Gasteiger partial charge in [0.1, 0.15) is 11.6 Å². The maximum absolute atomic E-state index is 13.6. The molecule has 0 saturated carbocycles. The number of rotatable bonds is 12. The second-order valence-electron chi connectivity index (χ2n) is 8.93. The van der Waals surface area contributed by atoms with Gasteiger partial charge in [0, 0.05) is 22.7 Å². The van der Waals surface area contributed by atoms with Gasteiger partial charge in [0.05, 0.1) is 29.5 Å². The van der Waals surface area contributed by atoms with E-state index in [4.69, 9.17) is 4.74 Å². The summed E-state index contributed by atoms with van der Waals surface area (Å²) >= 11 is 0. The molecule has 0 saturated heterocycles. The summed E-state index contributed by atoms with van der Waals surface area (Å²) < 4.78 is 19.5. The van der Waals surface area contributed by atoms with Gasteiger partial charge < -0.3 is 14.6 Å². The topological polar surface area (TPSA) is 75.1 Å². The van der Waals surface area contributed by atoms with Crippen LogP contribution in [-0.4, -0.2) is 22.5 Å². The molecule has 37 heavy (non-hydrogen) atoms. The van der Waals surface area contributed by atoms with Crippen molar-refractivity contribution in [1.29, 1.82) is 0 Å². The zero-order valence-corrected chi connectivity index (χ0v) is 23.5. The molecule has 0 amide bonds. The number of carbonyl (C=O) groups excluding carboxylic acids is 1. The van der Waals surface area contributed by atoms with Crippen LogP contribution in [0.1, 0.15) is 62.2 Å². The summed E-state index contributed by atoms with van der Waals surface area (Å²) in [5.74, 6) is -1.07. The molecule has 2 heterocycles. The van der Waals surface area contributed by atoms with Crippen LogP contribution in [0.5, 0.6) is 5.75 Å². The van der Waals surface area contributed by atoms with Crippen molar-refractivity contribution in [3.63, 3.8) is 0 Å². The second kappa shape index (κ2) is 14.2. The SMILES string of the molecule is CCCCCCCCCOc1ccc(-c2ccc(-c3cc(C(=O)[O-])c4cc(F)ccc4n3)nc2)cc1.[Na+]. The number of unbranched alkanes of at least 4 members (excludes halogenated alkanes) is 6. The third-order valence-electron chi connectivity index (χ3n) is 6.22. The number of halogens is 1. The van der Waals surface area contributed by atoms with E-state index in [0.717, 1.165) is 36.0 Å². The Kier molecular flexibility index (Phi) is 11.1. The molecular weight excluding hydrogens is 478 g/mol. The van der Waals surface area contributed by atoms with Gasteiger partial charge >= 0.3 is 29.6 Å². The van der Waals surface area contributed by atoms with Gasteiger partial charge in [-0.05, 0) is 54.4 Å². The summed E-state index contributed by atoms with van der Waals surface area (Å²) in [6, 6.07) is 16.8. The van der Waals surface area contributed by atoms with Crippen LogP contribution >= 0.6 is 0 Å². The number of pyridine rings is 2. The first-order valence-corrected chi connectivity index (χ1v) is 12.6. The Hall–Kier alpha value is -2.80. The average molecular weight is 509 g/mol. The van der Waals surface area contributed by atoms with Crippen molar-refractivity contribution in [3.05, 3.63) is 78.2 Å². The Morgan fingerprint density at radius 3 is 2.24 bits per heavy atom. The van der Waals surface area contributed by atoms with Gasteiger partial charge in [0.15, 0.2) is 0 Å². The first kappa shape index (κ1) is 28.8. The van der Waals surface area contributed by atoms with Gasteiger partial charge in [-0.15, -0.1) is 0 Å². The van der Waals surface area contributed by atoms with Gasteiger partial charge in [-0.25, -0.2) is 9.37 Å². The number of aromatic carboxylic acids is 1. The van der Waals surface area contributed by atoms with Crippen molar-refractivity contribution in [2.75, 3.05) is 6.61 Å². The number of fused-ring (bicyclic) bond motifs is 1. The van der Waals surface area contributed by atoms with Gasteiger partial charge in [-0.3, -0.25) is 4.98 Å². The molecule has 4 aromatic rings. The van der Waals surface area contributed by atoms with Crippen molar-refractivity contribution in [1.82, 2.24) is 9.97 Å². The number of nitrogens with zero attached hydrogens (tertiary/aromatic N) is 2.